The third-order valence-electron chi connectivity index (χ3n) is 5.08. The topological polar surface area (TPSA) is 70.2 Å². The lowest BCUT2D eigenvalue weighted by Gasteiger charge is -2.33. The quantitative estimate of drug-likeness (QED) is 0.631. The van der Waals surface area contributed by atoms with Gasteiger partial charge in [0.2, 0.25) is 0 Å². The molecule has 4 rings (SSSR count). The number of rotatable bonds is 5. The number of carbonyl (C=O) groups is 1. The molecule has 0 spiro atoms. The Bertz CT molecular complexity index is 1020. The third kappa shape index (κ3) is 5.36. The fourth-order valence-electron chi connectivity index (χ4n) is 3.62. The minimum atomic E-state index is -4.76. The highest BCUT2D eigenvalue weighted by atomic mass is 19.4. The first-order chi connectivity index (χ1) is 14.9. The maximum Gasteiger partial charge on any atom is 0.573 e. The highest BCUT2D eigenvalue weighted by Gasteiger charge is 2.31. The third-order valence-corrected chi connectivity index (χ3v) is 5.08. The number of halogens is 3. The van der Waals surface area contributed by atoms with Crippen LogP contribution in [0, 0.1) is 0 Å². The second-order valence-electron chi connectivity index (χ2n) is 7.34. The van der Waals surface area contributed by atoms with E-state index < -0.39 is 6.36 Å². The van der Waals surface area contributed by atoms with E-state index in [4.69, 9.17) is 0 Å². The molecule has 2 aromatic carbocycles. The normalized spacial score (nSPS) is 16.7. The van der Waals surface area contributed by atoms with Crippen molar-refractivity contribution < 1.29 is 22.7 Å². The van der Waals surface area contributed by atoms with Crippen LogP contribution in [0.1, 0.15) is 23.2 Å². The van der Waals surface area contributed by atoms with Crippen molar-refractivity contribution in [3.05, 3.63) is 66.2 Å². The number of anilines is 1. The van der Waals surface area contributed by atoms with Crippen molar-refractivity contribution in [1.82, 2.24) is 15.5 Å². The van der Waals surface area contributed by atoms with Gasteiger partial charge in [0.25, 0.3) is 5.91 Å². The molecule has 0 radical (unpaired) electrons. The molecule has 2 N–H and O–H groups in total. The number of piperidine rings is 1. The summed E-state index contributed by atoms with van der Waals surface area (Å²) in [6.07, 6.45) is -3.06. The van der Waals surface area contributed by atoms with E-state index in [-0.39, 0.29) is 23.3 Å². The molecule has 6 nitrogen and oxygen atoms in total. The van der Waals surface area contributed by atoms with Crippen molar-refractivity contribution in [3.63, 3.8) is 0 Å². The molecule has 0 bridgehead atoms. The number of ether oxygens (including phenoxy) is 1. The van der Waals surface area contributed by atoms with Gasteiger partial charge >= 0.3 is 6.36 Å². The van der Waals surface area contributed by atoms with E-state index in [2.05, 4.69) is 25.2 Å². The van der Waals surface area contributed by atoms with Crippen LogP contribution in [-0.2, 0) is 0 Å². The summed E-state index contributed by atoms with van der Waals surface area (Å²) in [6, 6.07) is 16.7. The Morgan fingerprint density at radius 3 is 2.58 bits per heavy atom. The second kappa shape index (κ2) is 8.71. The monoisotopic (exact) mass is 430 g/mol. The fraction of sp³-hybridized carbons (Fsp3) is 0.273. The Balaban J connectivity index is 1.37. The molecule has 0 unspecified atom stereocenters. The first-order valence-corrected chi connectivity index (χ1v) is 9.90. The Hall–Kier alpha value is -3.49. The van der Waals surface area contributed by atoms with Crippen molar-refractivity contribution in [1.29, 1.82) is 0 Å². The van der Waals surface area contributed by atoms with Crippen molar-refractivity contribution >= 4 is 11.7 Å². The first kappa shape index (κ1) is 20.8. The number of amides is 1. The van der Waals surface area contributed by atoms with Gasteiger partial charge in [-0.05, 0) is 42.7 Å². The summed E-state index contributed by atoms with van der Waals surface area (Å²) in [6.45, 7) is 1.43. The molecular formula is C22H21F3N4O2. The van der Waals surface area contributed by atoms with Crippen LogP contribution in [0.5, 0.6) is 5.75 Å². The van der Waals surface area contributed by atoms with E-state index in [1.165, 1.54) is 12.1 Å². The van der Waals surface area contributed by atoms with Gasteiger partial charge in [-0.3, -0.25) is 9.89 Å². The number of hydrogen-bond donors (Lipinski definition) is 2. The molecular weight excluding hydrogens is 409 g/mol. The van der Waals surface area contributed by atoms with E-state index >= 15 is 0 Å². The average molecular weight is 430 g/mol. The molecule has 2 heterocycles. The van der Waals surface area contributed by atoms with Crippen LogP contribution < -0.4 is 15.0 Å². The number of hydrogen-bond acceptors (Lipinski definition) is 4. The van der Waals surface area contributed by atoms with E-state index in [1.807, 2.05) is 36.4 Å². The molecule has 1 fully saturated rings. The van der Waals surface area contributed by atoms with Crippen LogP contribution >= 0.6 is 0 Å². The largest absolute Gasteiger partial charge is 0.573 e. The highest BCUT2D eigenvalue weighted by Crippen LogP contribution is 2.25. The molecule has 9 heteroatoms. The smallest absolute Gasteiger partial charge is 0.406 e. The zero-order valence-electron chi connectivity index (χ0n) is 16.5. The van der Waals surface area contributed by atoms with Crippen molar-refractivity contribution in [2.24, 2.45) is 0 Å². The molecule has 0 aliphatic carbocycles. The summed E-state index contributed by atoms with van der Waals surface area (Å²) in [5.41, 5.74) is 2.24. The fourth-order valence-corrected chi connectivity index (χ4v) is 3.62. The number of carbonyl (C=O) groups excluding carboxylic acids is 1. The molecule has 1 aromatic heterocycles. The van der Waals surface area contributed by atoms with Crippen LogP contribution in [0.25, 0.3) is 11.3 Å². The zero-order chi connectivity index (χ0) is 21.8. The molecule has 162 valence electrons. The van der Waals surface area contributed by atoms with Gasteiger partial charge in [0.05, 0.1) is 5.69 Å². The summed E-state index contributed by atoms with van der Waals surface area (Å²) in [4.78, 5) is 14.6. The second-order valence-corrected chi connectivity index (χ2v) is 7.34. The van der Waals surface area contributed by atoms with Gasteiger partial charge in [0.15, 0.2) is 5.82 Å². The minimum Gasteiger partial charge on any atom is -0.406 e. The van der Waals surface area contributed by atoms with Crippen molar-refractivity contribution in [2.75, 3.05) is 18.0 Å². The zero-order valence-corrected chi connectivity index (χ0v) is 16.5. The molecule has 1 aliphatic rings. The van der Waals surface area contributed by atoms with Gasteiger partial charge in [-0.15, -0.1) is 13.2 Å². The summed E-state index contributed by atoms with van der Waals surface area (Å²) < 4.78 is 40.6. The molecule has 1 amide bonds. The number of nitrogens with one attached hydrogen (secondary N) is 2. The summed E-state index contributed by atoms with van der Waals surface area (Å²) in [5.74, 6) is 0.115. The Morgan fingerprint density at radius 2 is 1.87 bits per heavy atom. The molecule has 1 atom stereocenters. The number of nitrogens with zero attached hydrogens (tertiary/aromatic N) is 2. The van der Waals surface area contributed by atoms with Gasteiger partial charge in [-0.1, -0.05) is 30.3 Å². The molecule has 0 saturated carbocycles. The molecule has 1 aliphatic heterocycles. The number of aromatic nitrogens is 2. The summed E-state index contributed by atoms with van der Waals surface area (Å²) in [7, 11) is 0. The first-order valence-electron chi connectivity index (χ1n) is 9.90. The maximum absolute atomic E-state index is 12.5. The van der Waals surface area contributed by atoms with Crippen LogP contribution in [0.3, 0.4) is 0 Å². The van der Waals surface area contributed by atoms with E-state index in [1.54, 1.807) is 0 Å². The lowest BCUT2D eigenvalue weighted by Crippen LogP contribution is -2.48. The van der Waals surface area contributed by atoms with Crippen molar-refractivity contribution in [2.45, 2.75) is 25.2 Å². The number of aromatic amines is 1. The van der Waals surface area contributed by atoms with Gasteiger partial charge in [0, 0.05) is 30.8 Å². The summed E-state index contributed by atoms with van der Waals surface area (Å²) in [5, 5.41) is 10.4. The van der Waals surface area contributed by atoms with E-state index in [0.717, 1.165) is 48.6 Å². The molecule has 3 aromatic rings. The SMILES string of the molecule is O=C(N[C@H]1CCCN(c2cc(-c3ccccc3)[nH]n2)C1)c1ccc(OC(F)(F)F)cc1. The highest BCUT2D eigenvalue weighted by molar-refractivity contribution is 5.94. The summed E-state index contributed by atoms with van der Waals surface area (Å²) >= 11 is 0. The lowest BCUT2D eigenvalue weighted by molar-refractivity contribution is -0.274. The van der Waals surface area contributed by atoms with Crippen LogP contribution in [0.15, 0.2) is 60.7 Å². The van der Waals surface area contributed by atoms with Crippen molar-refractivity contribution in [3.8, 4) is 17.0 Å². The molecule has 31 heavy (non-hydrogen) atoms. The van der Waals surface area contributed by atoms with Crippen LogP contribution in [-0.4, -0.2) is 41.6 Å². The minimum absolute atomic E-state index is 0.0933. The Labute approximate surface area is 177 Å². The van der Waals surface area contributed by atoms with Gasteiger partial charge < -0.3 is 15.0 Å². The number of H-pyrrole nitrogens is 1. The van der Waals surface area contributed by atoms with Crippen LogP contribution in [0.4, 0.5) is 19.0 Å². The maximum atomic E-state index is 12.5. The average Bonchev–Trinajstić information content (AvgIpc) is 3.24. The van der Waals surface area contributed by atoms with Gasteiger partial charge in [0.1, 0.15) is 5.75 Å². The number of alkyl halides is 3. The van der Waals surface area contributed by atoms with Gasteiger partial charge in [-0.25, -0.2) is 0 Å². The standard InChI is InChI=1S/C22H21F3N4O2/c23-22(24,25)31-18-10-8-16(9-11-18)21(30)26-17-7-4-12-29(14-17)20-13-19(27-28-20)15-5-2-1-3-6-15/h1-3,5-6,8-11,13,17H,4,7,12,14H2,(H,26,30)(H,27,28)/t17-/m0/s1. The Kier molecular flexibility index (Phi) is 5.83. The van der Waals surface area contributed by atoms with Gasteiger partial charge in [-0.2, -0.15) is 5.10 Å². The lowest BCUT2D eigenvalue weighted by atomic mass is 10.0. The predicted octanol–water partition coefficient (Wildman–Crippen LogP) is 4.37. The van der Waals surface area contributed by atoms with E-state index in [0.29, 0.717) is 6.54 Å². The predicted molar refractivity (Wildman–Crippen MR) is 110 cm³/mol. The Morgan fingerprint density at radius 1 is 1.13 bits per heavy atom. The number of benzene rings is 2. The molecule has 1 saturated heterocycles. The van der Waals surface area contributed by atoms with Crippen LogP contribution in [0.2, 0.25) is 0 Å². The van der Waals surface area contributed by atoms with E-state index in [9.17, 15) is 18.0 Å².